The number of nitrogens with two attached hydrogens (primary N) is 1. The maximum Gasteiger partial charge on any atom is 0.152 e. The number of rotatable bonds is 7. The molecule has 0 aliphatic carbocycles. The summed E-state index contributed by atoms with van der Waals surface area (Å²) >= 11 is 0. The molecule has 2 atom stereocenters. The van der Waals surface area contributed by atoms with Gasteiger partial charge >= 0.3 is 0 Å². The van der Waals surface area contributed by atoms with Gasteiger partial charge in [-0.3, -0.25) is 4.79 Å². The van der Waals surface area contributed by atoms with Gasteiger partial charge in [-0.15, -0.1) is 0 Å². The van der Waals surface area contributed by atoms with Crippen molar-refractivity contribution in [3.8, 4) is 0 Å². The monoisotopic (exact) mass is 235 g/mol. The maximum absolute atomic E-state index is 11.6. The first kappa shape index (κ1) is 13.9. The SMILES string of the molecule is CCCC(=O)C(N)C(C)OCc1ccccc1. The van der Waals surface area contributed by atoms with E-state index in [-0.39, 0.29) is 11.9 Å². The second kappa shape index (κ2) is 7.20. The zero-order chi connectivity index (χ0) is 12.7. The molecule has 0 radical (unpaired) electrons. The Bertz CT molecular complexity index is 337. The van der Waals surface area contributed by atoms with Gasteiger partial charge in [-0.1, -0.05) is 37.3 Å². The van der Waals surface area contributed by atoms with Gasteiger partial charge < -0.3 is 10.5 Å². The average molecular weight is 235 g/mol. The van der Waals surface area contributed by atoms with E-state index in [0.29, 0.717) is 13.0 Å². The molecule has 1 aromatic rings. The highest BCUT2D eigenvalue weighted by molar-refractivity contribution is 5.84. The van der Waals surface area contributed by atoms with Gasteiger partial charge in [0.25, 0.3) is 0 Å². The van der Waals surface area contributed by atoms with Crippen molar-refractivity contribution >= 4 is 5.78 Å². The summed E-state index contributed by atoms with van der Waals surface area (Å²) in [6.07, 6.45) is 1.12. The third-order valence-electron chi connectivity index (χ3n) is 2.73. The van der Waals surface area contributed by atoms with Gasteiger partial charge in [0.05, 0.1) is 18.8 Å². The van der Waals surface area contributed by atoms with Crippen molar-refractivity contribution in [2.45, 2.75) is 45.4 Å². The van der Waals surface area contributed by atoms with Gasteiger partial charge in [-0.05, 0) is 18.9 Å². The van der Waals surface area contributed by atoms with Crippen molar-refractivity contribution in [1.29, 1.82) is 0 Å². The highest BCUT2D eigenvalue weighted by Gasteiger charge is 2.20. The van der Waals surface area contributed by atoms with Crippen molar-refractivity contribution < 1.29 is 9.53 Å². The van der Waals surface area contributed by atoms with Gasteiger partial charge in [0, 0.05) is 6.42 Å². The zero-order valence-electron chi connectivity index (χ0n) is 10.6. The number of carbonyl (C=O) groups excluding carboxylic acids is 1. The van der Waals surface area contributed by atoms with Crippen LogP contribution < -0.4 is 5.73 Å². The Hall–Kier alpha value is -1.19. The van der Waals surface area contributed by atoms with E-state index in [2.05, 4.69) is 0 Å². The summed E-state index contributed by atoms with van der Waals surface area (Å²) in [7, 11) is 0. The van der Waals surface area contributed by atoms with E-state index in [0.717, 1.165) is 12.0 Å². The van der Waals surface area contributed by atoms with Crippen molar-refractivity contribution in [2.24, 2.45) is 5.73 Å². The standard InChI is InChI=1S/C14H21NO2/c1-3-7-13(16)14(15)11(2)17-10-12-8-5-4-6-9-12/h4-6,8-9,11,14H,3,7,10,15H2,1-2H3. The quantitative estimate of drug-likeness (QED) is 0.789. The van der Waals surface area contributed by atoms with E-state index in [1.807, 2.05) is 44.2 Å². The normalized spacial score (nSPS) is 14.3. The molecule has 0 saturated carbocycles. The number of hydrogen-bond acceptors (Lipinski definition) is 3. The largest absolute Gasteiger partial charge is 0.372 e. The lowest BCUT2D eigenvalue weighted by Gasteiger charge is -2.19. The fourth-order valence-electron chi connectivity index (χ4n) is 1.58. The first-order chi connectivity index (χ1) is 8.15. The molecule has 2 N–H and O–H groups in total. The second-order valence-electron chi connectivity index (χ2n) is 4.24. The van der Waals surface area contributed by atoms with Crippen molar-refractivity contribution in [3.05, 3.63) is 35.9 Å². The molecule has 2 unspecified atom stereocenters. The van der Waals surface area contributed by atoms with Crippen molar-refractivity contribution in [3.63, 3.8) is 0 Å². The molecule has 0 saturated heterocycles. The molecular formula is C14H21NO2. The minimum atomic E-state index is -0.515. The van der Waals surface area contributed by atoms with Gasteiger partial charge in [0.2, 0.25) is 0 Å². The first-order valence-electron chi connectivity index (χ1n) is 6.09. The van der Waals surface area contributed by atoms with E-state index in [1.165, 1.54) is 0 Å². The minimum absolute atomic E-state index is 0.0769. The smallest absolute Gasteiger partial charge is 0.152 e. The van der Waals surface area contributed by atoms with Crippen LogP contribution in [0.15, 0.2) is 30.3 Å². The Balaban J connectivity index is 2.39. The minimum Gasteiger partial charge on any atom is -0.372 e. The van der Waals surface area contributed by atoms with Crippen LogP contribution in [-0.4, -0.2) is 17.9 Å². The molecule has 17 heavy (non-hydrogen) atoms. The van der Waals surface area contributed by atoms with Crippen LogP contribution in [0.3, 0.4) is 0 Å². The summed E-state index contributed by atoms with van der Waals surface area (Å²) in [5.74, 6) is 0.0769. The molecule has 3 heteroatoms. The summed E-state index contributed by atoms with van der Waals surface area (Å²) in [5.41, 5.74) is 6.93. The summed E-state index contributed by atoms with van der Waals surface area (Å²) in [6, 6.07) is 9.36. The van der Waals surface area contributed by atoms with E-state index in [9.17, 15) is 4.79 Å². The van der Waals surface area contributed by atoms with Crippen LogP contribution in [-0.2, 0) is 16.1 Å². The zero-order valence-corrected chi connectivity index (χ0v) is 10.6. The molecule has 0 spiro atoms. The predicted molar refractivity (Wildman–Crippen MR) is 68.6 cm³/mol. The molecule has 3 nitrogen and oxygen atoms in total. The molecule has 1 rings (SSSR count). The fourth-order valence-corrected chi connectivity index (χ4v) is 1.58. The molecule has 1 aromatic carbocycles. The Morgan fingerprint density at radius 3 is 2.59 bits per heavy atom. The summed E-state index contributed by atoms with van der Waals surface area (Å²) in [4.78, 5) is 11.6. The number of carbonyl (C=O) groups is 1. The number of hydrogen-bond donors (Lipinski definition) is 1. The van der Waals surface area contributed by atoms with Crippen LogP contribution in [0.2, 0.25) is 0 Å². The Morgan fingerprint density at radius 2 is 2.00 bits per heavy atom. The van der Waals surface area contributed by atoms with Crippen LogP contribution in [0.4, 0.5) is 0 Å². The molecule has 0 amide bonds. The summed E-state index contributed by atoms with van der Waals surface area (Å²) in [5, 5.41) is 0. The molecule has 0 heterocycles. The van der Waals surface area contributed by atoms with Crippen LogP contribution in [0.5, 0.6) is 0 Å². The molecule has 0 aromatic heterocycles. The molecule has 0 aliphatic rings. The lowest BCUT2D eigenvalue weighted by molar-refractivity contribution is -0.123. The third kappa shape index (κ3) is 4.67. The number of ketones is 1. The highest BCUT2D eigenvalue weighted by Crippen LogP contribution is 2.07. The Labute approximate surface area is 103 Å². The van der Waals surface area contributed by atoms with Gasteiger partial charge in [0.1, 0.15) is 0 Å². The molecule has 94 valence electrons. The van der Waals surface area contributed by atoms with Crippen molar-refractivity contribution in [2.75, 3.05) is 0 Å². The topological polar surface area (TPSA) is 52.3 Å². The van der Waals surface area contributed by atoms with Gasteiger partial charge in [-0.2, -0.15) is 0 Å². The number of benzene rings is 1. The summed E-state index contributed by atoms with van der Waals surface area (Å²) < 4.78 is 5.61. The first-order valence-corrected chi connectivity index (χ1v) is 6.09. The fraction of sp³-hybridized carbons (Fsp3) is 0.500. The lowest BCUT2D eigenvalue weighted by Crippen LogP contribution is -2.41. The third-order valence-corrected chi connectivity index (χ3v) is 2.73. The Morgan fingerprint density at radius 1 is 1.35 bits per heavy atom. The lowest BCUT2D eigenvalue weighted by atomic mass is 10.0. The van der Waals surface area contributed by atoms with E-state index in [4.69, 9.17) is 10.5 Å². The summed E-state index contributed by atoms with van der Waals surface area (Å²) in [6.45, 7) is 4.32. The molecular weight excluding hydrogens is 214 g/mol. The molecule has 0 aliphatic heterocycles. The van der Waals surface area contributed by atoms with E-state index >= 15 is 0 Å². The average Bonchev–Trinajstić information content (AvgIpc) is 2.36. The molecule has 0 fully saturated rings. The number of ether oxygens (including phenoxy) is 1. The van der Waals surface area contributed by atoms with E-state index in [1.54, 1.807) is 0 Å². The predicted octanol–water partition coefficient (Wildman–Crippen LogP) is 2.29. The van der Waals surface area contributed by atoms with Crippen molar-refractivity contribution in [1.82, 2.24) is 0 Å². The van der Waals surface area contributed by atoms with Crippen LogP contribution in [0, 0.1) is 0 Å². The van der Waals surface area contributed by atoms with Gasteiger partial charge in [0.15, 0.2) is 5.78 Å². The van der Waals surface area contributed by atoms with E-state index < -0.39 is 6.04 Å². The highest BCUT2D eigenvalue weighted by atomic mass is 16.5. The van der Waals surface area contributed by atoms with Crippen LogP contribution in [0.25, 0.3) is 0 Å². The number of Topliss-reactive ketones (excluding diaryl/α,β-unsaturated/α-hetero) is 1. The van der Waals surface area contributed by atoms with Crippen LogP contribution >= 0.6 is 0 Å². The Kier molecular flexibility index (Phi) is 5.87. The van der Waals surface area contributed by atoms with Gasteiger partial charge in [-0.25, -0.2) is 0 Å². The molecule has 0 bridgehead atoms. The second-order valence-corrected chi connectivity index (χ2v) is 4.24. The maximum atomic E-state index is 11.6. The van der Waals surface area contributed by atoms with Crippen LogP contribution in [0.1, 0.15) is 32.3 Å².